The number of carbonyl (C=O) groups is 2. The standard InChI is InChI=1S/C13H13ClF4N2O2/c1-7(11(21)19-3-2-15)20-12(22)8-4-9(13(16,17)18)6-10(14)5-8/h4-7H,2-3H2,1H3,(H,19,21)(H,20,22)/t7-/m1/s1. The Morgan fingerprint density at radius 1 is 1.27 bits per heavy atom. The third-order valence-electron chi connectivity index (χ3n) is 2.62. The van der Waals surface area contributed by atoms with Gasteiger partial charge in [0.1, 0.15) is 12.7 Å². The molecule has 0 saturated carbocycles. The van der Waals surface area contributed by atoms with Gasteiger partial charge in [0.25, 0.3) is 5.91 Å². The molecule has 22 heavy (non-hydrogen) atoms. The fraction of sp³-hybridized carbons (Fsp3) is 0.385. The Kier molecular flexibility index (Phi) is 6.16. The first-order valence-electron chi connectivity index (χ1n) is 6.17. The van der Waals surface area contributed by atoms with Gasteiger partial charge >= 0.3 is 6.18 Å². The second kappa shape index (κ2) is 7.44. The minimum atomic E-state index is -4.65. The third kappa shape index (κ3) is 5.18. The number of benzene rings is 1. The smallest absolute Gasteiger partial charge is 0.352 e. The molecule has 9 heteroatoms. The SMILES string of the molecule is C[C@@H](NC(=O)c1cc(Cl)cc(C(F)(F)F)c1)C(=O)NCCF. The average Bonchev–Trinajstić information content (AvgIpc) is 2.42. The molecular weight excluding hydrogens is 328 g/mol. The normalized spacial score (nSPS) is 12.6. The number of halogens is 5. The molecule has 0 aliphatic rings. The first-order chi connectivity index (χ1) is 10.1. The molecule has 0 fully saturated rings. The van der Waals surface area contributed by atoms with Crippen LogP contribution in [0.5, 0.6) is 0 Å². The van der Waals surface area contributed by atoms with Crippen LogP contribution in [0.2, 0.25) is 5.02 Å². The van der Waals surface area contributed by atoms with Crippen molar-refractivity contribution in [2.24, 2.45) is 0 Å². The number of alkyl halides is 4. The van der Waals surface area contributed by atoms with Crippen molar-refractivity contribution in [3.63, 3.8) is 0 Å². The van der Waals surface area contributed by atoms with E-state index >= 15 is 0 Å². The molecule has 0 aliphatic carbocycles. The van der Waals surface area contributed by atoms with Crippen LogP contribution in [0.15, 0.2) is 18.2 Å². The van der Waals surface area contributed by atoms with Crippen molar-refractivity contribution in [3.8, 4) is 0 Å². The van der Waals surface area contributed by atoms with E-state index in [1.807, 2.05) is 0 Å². The summed E-state index contributed by atoms with van der Waals surface area (Å²) in [5, 5.41) is 4.16. The van der Waals surface area contributed by atoms with Crippen molar-refractivity contribution in [2.75, 3.05) is 13.2 Å². The summed E-state index contributed by atoms with van der Waals surface area (Å²) in [6.07, 6.45) is -4.65. The quantitative estimate of drug-likeness (QED) is 0.809. The third-order valence-corrected chi connectivity index (χ3v) is 2.84. The zero-order valence-electron chi connectivity index (χ0n) is 11.4. The number of hydrogen-bond donors (Lipinski definition) is 2. The summed E-state index contributed by atoms with van der Waals surface area (Å²) in [6.45, 7) is 0.338. The van der Waals surface area contributed by atoms with Crippen LogP contribution < -0.4 is 10.6 Å². The number of carbonyl (C=O) groups excluding carboxylic acids is 2. The molecule has 0 aromatic heterocycles. The number of amides is 2. The van der Waals surface area contributed by atoms with Crippen LogP contribution in [0, 0.1) is 0 Å². The van der Waals surface area contributed by atoms with Crippen molar-refractivity contribution < 1.29 is 27.2 Å². The molecule has 2 amide bonds. The maximum absolute atomic E-state index is 12.7. The fourth-order valence-corrected chi connectivity index (χ4v) is 1.79. The van der Waals surface area contributed by atoms with Crippen molar-refractivity contribution >= 4 is 23.4 Å². The molecule has 0 saturated heterocycles. The van der Waals surface area contributed by atoms with Crippen LogP contribution >= 0.6 is 11.6 Å². The van der Waals surface area contributed by atoms with Crippen LogP contribution in [0.1, 0.15) is 22.8 Å². The van der Waals surface area contributed by atoms with E-state index in [0.29, 0.717) is 12.1 Å². The van der Waals surface area contributed by atoms with Gasteiger partial charge < -0.3 is 10.6 Å². The molecule has 0 bridgehead atoms. The summed E-state index contributed by atoms with van der Waals surface area (Å²) < 4.78 is 49.9. The monoisotopic (exact) mass is 340 g/mol. The molecule has 4 nitrogen and oxygen atoms in total. The molecule has 1 aromatic rings. The second-order valence-corrected chi connectivity index (χ2v) is 4.84. The molecule has 0 radical (unpaired) electrons. The number of hydrogen-bond acceptors (Lipinski definition) is 2. The maximum atomic E-state index is 12.7. The van der Waals surface area contributed by atoms with Crippen LogP contribution in [0.3, 0.4) is 0 Å². The van der Waals surface area contributed by atoms with Crippen molar-refractivity contribution in [3.05, 3.63) is 34.3 Å². The Labute approximate surface area is 128 Å². The van der Waals surface area contributed by atoms with E-state index in [1.165, 1.54) is 6.92 Å². The topological polar surface area (TPSA) is 58.2 Å². The van der Waals surface area contributed by atoms with Gasteiger partial charge in [0, 0.05) is 17.1 Å². The Morgan fingerprint density at radius 3 is 2.45 bits per heavy atom. The van der Waals surface area contributed by atoms with E-state index in [0.717, 1.165) is 6.07 Å². The van der Waals surface area contributed by atoms with Crippen LogP contribution in [0.4, 0.5) is 17.6 Å². The predicted molar refractivity (Wildman–Crippen MR) is 72.4 cm³/mol. The molecule has 122 valence electrons. The van der Waals surface area contributed by atoms with Gasteiger partial charge in [-0.1, -0.05) is 11.6 Å². The van der Waals surface area contributed by atoms with E-state index in [-0.39, 0.29) is 17.1 Å². The molecule has 2 N–H and O–H groups in total. The Bertz CT molecular complexity index is 563. The Hall–Kier alpha value is -1.83. The zero-order valence-corrected chi connectivity index (χ0v) is 12.2. The lowest BCUT2D eigenvalue weighted by Crippen LogP contribution is -2.45. The summed E-state index contributed by atoms with van der Waals surface area (Å²) in [5.41, 5.74) is -1.40. The van der Waals surface area contributed by atoms with Gasteiger partial charge in [0.15, 0.2) is 0 Å². The first kappa shape index (κ1) is 18.2. The van der Waals surface area contributed by atoms with Gasteiger partial charge in [-0.05, 0) is 25.1 Å². The lowest BCUT2D eigenvalue weighted by molar-refractivity contribution is -0.137. The molecule has 0 heterocycles. The Balaban J connectivity index is 2.86. The highest BCUT2D eigenvalue weighted by Gasteiger charge is 2.32. The van der Waals surface area contributed by atoms with E-state index in [2.05, 4.69) is 10.6 Å². The van der Waals surface area contributed by atoms with Crippen molar-refractivity contribution in [2.45, 2.75) is 19.1 Å². The summed E-state index contributed by atoms with van der Waals surface area (Å²) in [5.74, 6) is -1.54. The molecule has 1 aromatic carbocycles. The van der Waals surface area contributed by atoms with E-state index in [1.54, 1.807) is 0 Å². The van der Waals surface area contributed by atoms with Crippen molar-refractivity contribution in [1.29, 1.82) is 0 Å². The summed E-state index contributed by atoms with van der Waals surface area (Å²) >= 11 is 5.57. The van der Waals surface area contributed by atoms with Gasteiger partial charge in [-0.2, -0.15) is 13.2 Å². The summed E-state index contributed by atoms with van der Waals surface area (Å²) in [6, 6.07) is 1.34. The van der Waals surface area contributed by atoms with Gasteiger partial charge in [-0.15, -0.1) is 0 Å². The van der Waals surface area contributed by atoms with Crippen LogP contribution in [-0.4, -0.2) is 31.1 Å². The maximum Gasteiger partial charge on any atom is 0.416 e. The lowest BCUT2D eigenvalue weighted by atomic mass is 10.1. The summed E-state index contributed by atoms with van der Waals surface area (Å²) in [4.78, 5) is 23.3. The van der Waals surface area contributed by atoms with Crippen LogP contribution in [0.25, 0.3) is 0 Å². The lowest BCUT2D eigenvalue weighted by Gasteiger charge is -2.14. The Morgan fingerprint density at radius 2 is 1.91 bits per heavy atom. The van der Waals surface area contributed by atoms with E-state index < -0.39 is 36.3 Å². The number of rotatable bonds is 5. The number of nitrogens with one attached hydrogen (secondary N) is 2. The fourth-order valence-electron chi connectivity index (χ4n) is 1.55. The van der Waals surface area contributed by atoms with E-state index in [9.17, 15) is 27.2 Å². The van der Waals surface area contributed by atoms with Crippen molar-refractivity contribution in [1.82, 2.24) is 10.6 Å². The zero-order chi connectivity index (χ0) is 16.9. The molecule has 1 rings (SSSR count). The summed E-state index contributed by atoms with van der Waals surface area (Å²) in [7, 11) is 0. The molecule has 1 atom stereocenters. The largest absolute Gasteiger partial charge is 0.416 e. The predicted octanol–water partition coefficient (Wildman–Crippen LogP) is 2.56. The highest BCUT2D eigenvalue weighted by molar-refractivity contribution is 6.31. The minimum absolute atomic E-state index is 0.214. The highest BCUT2D eigenvalue weighted by Crippen LogP contribution is 2.31. The average molecular weight is 341 g/mol. The second-order valence-electron chi connectivity index (χ2n) is 4.40. The van der Waals surface area contributed by atoms with Gasteiger partial charge in [0.2, 0.25) is 5.91 Å². The molecule has 0 unspecified atom stereocenters. The molecular formula is C13H13ClF4N2O2. The van der Waals surface area contributed by atoms with Gasteiger partial charge in [0.05, 0.1) is 5.56 Å². The van der Waals surface area contributed by atoms with Gasteiger partial charge in [-0.25, -0.2) is 4.39 Å². The highest BCUT2D eigenvalue weighted by atomic mass is 35.5. The van der Waals surface area contributed by atoms with Gasteiger partial charge in [-0.3, -0.25) is 9.59 Å². The van der Waals surface area contributed by atoms with E-state index in [4.69, 9.17) is 11.6 Å². The molecule has 0 spiro atoms. The molecule has 0 aliphatic heterocycles. The minimum Gasteiger partial charge on any atom is -0.352 e. The first-order valence-corrected chi connectivity index (χ1v) is 6.55. The van der Waals surface area contributed by atoms with Crippen LogP contribution in [-0.2, 0) is 11.0 Å².